The Morgan fingerprint density at radius 2 is 1.51 bits per heavy atom. The maximum Gasteiger partial charge on any atom is 0.490 e. The summed E-state index contributed by atoms with van der Waals surface area (Å²) in [6.45, 7) is 3.75. The Morgan fingerprint density at radius 3 is 2.00 bits per heavy atom. The summed E-state index contributed by atoms with van der Waals surface area (Å²) in [5.74, 6) is -4.31. The fourth-order valence-electron chi connectivity index (χ4n) is 3.36. The number of nitrogens with zero attached hydrogens (tertiary/aromatic N) is 4. The minimum atomic E-state index is -5.08. The van der Waals surface area contributed by atoms with Crippen molar-refractivity contribution in [3.8, 4) is 0 Å². The fraction of sp³-hybridized carbons (Fsp3) is 0.476. The normalized spacial score (nSPS) is 18.1. The first-order valence-corrected chi connectivity index (χ1v) is 10.5. The predicted molar refractivity (Wildman–Crippen MR) is 112 cm³/mol. The van der Waals surface area contributed by atoms with Gasteiger partial charge in [-0.2, -0.15) is 26.3 Å². The van der Waals surface area contributed by atoms with E-state index in [1.165, 1.54) is 0 Å². The number of halogens is 6. The summed E-state index contributed by atoms with van der Waals surface area (Å²) in [4.78, 5) is 32.8. The predicted octanol–water partition coefficient (Wildman–Crippen LogP) is 2.95. The molecule has 0 aromatic carbocycles. The third-order valence-electron chi connectivity index (χ3n) is 5.13. The van der Waals surface area contributed by atoms with Gasteiger partial charge in [0.15, 0.2) is 0 Å². The zero-order chi connectivity index (χ0) is 27.7. The first-order chi connectivity index (χ1) is 17.2. The summed E-state index contributed by atoms with van der Waals surface area (Å²) in [6.07, 6.45) is -3.78. The van der Waals surface area contributed by atoms with E-state index in [0.29, 0.717) is 19.1 Å². The Morgan fingerprint density at radius 1 is 0.973 bits per heavy atom. The van der Waals surface area contributed by atoms with E-state index in [2.05, 4.69) is 19.9 Å². The van der Waals surface area contributed by atoms with E-state index in [0.717, 1.165) is 37.8 Å². The van der Waals surface area contributed by atoms with Crippen molar-refractivity contribution in [2.75, 3.05) is 31.2 Å². The van der Waals surface area contributed by atoms with E-state index in [4.69, 9.17) is 29.3 Å². The number of rotatable bonds is 5. The van der Waals surface area contributed by atoms with Crippen molar-refractivity contribution in [1.29, 1.82) is 0 Å². The smallest absolute Gasteiger partial charge is 0.475 e. The number of aromatic nitrogens is 3. The van der Waals surface area contributed by atoms with Gasteiger partial charge in [0.2, 0.25) is 5.95 Å². The van der Waals surface area contributed by atoms with Crippen molar-refractivity contribution in [2.24, 2.45) is 5.92 Å². The second kappa shape index (κ2) is 12.6. The topological polar surface area (TPSA) is 135 Å². The number of pyridine rings is 1. The zero-order valence-electron chi connectivity index (χ0n) is 18.9. The summed E-state index contributed by atoms with van der Waals surface area (Å²) < 4.78 is 75.4. The molecule has 1 atom stereocenters. The van der Waals surface area contributed by atoms with E-state index in [-0.39, 0.29) is 5.60 Å². The molecule has 0 bridgehead atoms. The van der Waals surface area contributed by atoms with Crippen LogP contribution >= 0.6 is 0 Å². The molecule has 1 spiro atoms. The highest BCUT2D eigenvalue weighted by atomic mass is 19.4. The van der Waals surface area contributed by atoms with Gasteiger partial charge in [0, 0.05) is 31.1 Å². The number of carboxylic acid groups (broad SMARTS) is 2. The molecule has 2 aromatic heterocycles. The van der Waals surface area contributed by atoms with Crippen molar-refractivity contribution in [3.05, 3.63) is 48.5 Å². The number of ether oxygens (including phenoxy) is 2. The van der Waals surface area contributed by atoms with Gasteiger partial charge < -0.3 is 24.6 Å². The molecular weight excluding hydrogens is 518 g/mol. The Bertz CT molecular complexity index is 980. The maximum absolute atomic E-state index is 10.6. The average Bonchev–Trinajstić information content (AvgIpc) is 3.23. The molecule has 2 N–H and O–H groups in total. The van der Waals surface area contributed by atoms with Crippen LogP contribution in [0.4, 0.5) is 32.3 Å². The van der Waals surface area contributed by atoms with Crippen LogP contribution in [-0.4, -0.2) is 81.4 Å². The highest BCUT2D eigenvalue weighted by Gasteiger charge is 2.53. The molecule has 4 rings (SSSR count). The molecule has 1 unspecified atom stereocenters. The molecule has 0 radical (unpaired) electrons. The second-order valence-corrected chi connectivity index (χ2v) is 7.75. The number of carboxylic acids is 2. The largest absolute Gasteiger partial charge is 0.490 e. The lowest BCUT2D eigenvalue weighted by molar-refractivity contribution is -0.193. The van der Waals surface area contributed by atoms with Gasteiger partial charge in [-0.1, -0.05) is 6.07 Å². The molecule has 2 aliphatic heterocycles. The number of aliphatic carboxylic acids is 2. The van der Waals surface area contributed by atoms with Gasteiger partial charge in [-0.05, 0) is 24.6 Å². The van der Waals surface area contributed by atoms with Crippen LogP contribution in [0.1, 0.15) is 12.1 Å². The molecule has 0 aliphatic carbocycles. The molecule has 16 heteroatoms. The average molecular weight is 540 g/mol. The molecule has 2 saturated heterocycles. The summed E-state index contributed by atoms with van der Waals surface area (Å²) >= 11 is 0. The Balaban J connectivity index is 0.000000286. The first kappa shape index (κ1) is 29.7. The monoisotopic (exact) mass is 540 g/mol. The van der Waals surface area contributed by atoms with Crippen molar-refractivity contribution in [1.82, 2.24) is 15.0 Å². The van der Waals surface area contributed by atoms with Gasteiger partial charge in [0.1, 0.15) is 5.60 Å². The van der Waals surface area contributed by atoms with Gasteiger partial charge in [-0.3, -0.25) is 4.98 Å². The van der Waals surface area contributed by atoms with Crippen LogP contribution in [0, 0.1) is 5.92 Å². The Kier molecular flexibility index (Phi) is 10.1. The number of carbonyl (C=O) groups is 2. The highest BCUT2D eigenvalue weighted by molar-refractivity contribution is 5.73. The third kappa shape index (κ3) is 9.13. The van der Waals surface area contributed by atoms with Gasteiger partial charge in [-0.15, -0.1) is 0 Å². The molecule has 0 amide bonds. The van der Waals surface area contributed by atoms with E-state index in [1.807, 2.05) is 24.3 Å². The first-order valence-electron chi connectivity index (χ1n) is 10.5. The van der Waals surface area contributed by atoms with E-state index < -0.39 is 24.3 Å². The van der Waals surface area contributed by atoms with Crippen LogP contribution in [0.2, 0.25) is 0 Å². The fourth-order valence-corrected chi connectivity index (χ4v) is 3.36. The van der Waals surface area contributed by atoms with Crippen LogP contribution in [0.25, 0.3) is 0 Å². The number of anilines is 1. The van der Waals surface area contributed by atoms with Crippen molar-refractivity contribution in [3.63, 3.8) is 0 Å². The molecule has 2 fully saturated rings. The standard InChI is InChI=1S/C17H20N4O2.2C2HF3O2/c1-2-6-18-15(4-1)11-22-10-14-5-9-23-17(14)12-21(13-17)16-19-7-3-8-20-16;2*3-2(4,5)1(6)7/h1-4,6-8,14H,5,9-13H2;2*(H,6,7). The maximum atomic E-state index is 10.6. The van der Waals surface area contributed by atoms with Crippen LogP contribution in [0.3, 0.4) is 0 Å². The summed E-state index contributed by atoms with van der Waals surface area (Å²) in [5.41, 5.74) is 0.872. The van der Waals surface area contributed by atoms with Gasteiger partial charge in [0.05, 0.1) is 32.0 Å². The van der Waals surface area contributed by atoms with Crippen LogP contribution in [0.15, 0.2) is 42.9 Å². The SMILES string of the molecule is O=C(O)C(F)(F)F.O=C(O)C(F)(F)F.c1ccc(COCC2CCOC23CN(c2ncccn2)C3)nc1. The molecule has 2 aromatic rings. The molecule has 0 saturated carbocycles. The third-order valence-corrected chi connectivity index (χ3v) is 5.13. The minimum Gasteiger partial charge on any atom is -0.475 e. The summed E-state index contributed by atoms with van der Waals surface area (Å²) in [7, 11) is 0. The highest BCUT2D eigenvalue weighted by Crippen LogP contribution is 2.41. The molecular formula is C21H22F6N4O6. The Labute approximate surface area is 205 Å². The van der Waals surface area contributed by atoms with Crippen molar-refractivity contribution in [2.45, 2.75) is 31.0 Å². The van der Waals surface area contributed by atoms with Crippen LogP contribution in [0.5, 0.6) is 0 Å². The van der Waals surface area contributed by atoms with Gasteiger partial charge >= 0.3 is 24.3 Å². The molecule has 2 aliphatic rings. The lowest BCUT2D eigenvalue weighted by Gasteiger charge is -2.50. The Hall–Kier alpha value is -3.53. The lowest BCUT2D eigenvalue weighted by atomic mass is 9.81. The summed E-state index contributed by atoms with van der Waals surface area (Å²) in [5, 5.41) is 14.2. The molecule has 4 heterocycles. The molecule has 10 nitrogen and oxygen atoms in total. The lowest BCUT2D eigenvalue weighted by Crippen LogP contribution is -2.66. The second-order valence-electron chi connectivity index (χ2n) is 7.75. The van der Waals surface area contributed by atoms with Crippen molar-refractivity contribution < 1.29 is 55.6 Å². The van der Waals surface area contributed by atoms with Crippen LogP contribution in [-0.2, 0) is 25.7 Å². The molecule has 204 valence electrons. The number of alkyl halides is 6. The van der Waals surface area contributed by atoms with Gasteiger partial charge in [0.25, 0.3) is 0 Å². The van der Waals surface area contributed by atoms with E-state index in [9.17, 15) is 26.3 Å². The number of hydrogen-bond donors (Lipinski definition) is 2. The zero-order valence-corrected chi connectivity index (χ0v) is 18.9. The minimum absolute atomic E-state index is 0.0939. The van der Waals surface area contributed by atoms with Crippen molar-refractivity contribution >= 4 is 17.9 Å². The van der Waals surface area contributed by atoms with E-state index in [1.54, 1.807) is 18.6 Å². The van der Waals surface area contributed by atoms with Crippen LogP contribution < -0.4 is 4.90 Å². The van der Waals surface area contributed by atoms with E-state index >= 15 is 0 Å². The summed E-state index contributed by atoms with van der Waals surface area (Å²) in [6, 6.07) is 7.71. The quantitative estimate of drug-likeness (QED) is 0.545. The van der Waals surface area contributed by atoms with Gasteiger partial charge in [-0.25, -0.2) is 19.6 Å². The molecule has 37 heavy (non-hydrogen) atoms. The number of hydrogen-bond acceptors (Lipinski definition) is 8.